The van der Waals surface area contributed by atoms with Crippen molar-refractivity contribution in [2.75, 3.05) is 14.1 Å². The van der Waals surface area contributed by atoms with Gasteiger partial charge in [-0.1, -0.05) is 93.4 Å². The van der Waals surface area contributed by atoms with Gasteiger partial charge in [0.2, 0.25) is 11.7 Å². The second kappa shape index (κ2) is 11.5. The fourth-order valence-corrected chi connectivity index (χ4v) is 5.66. The van der Waals surface area contributed by atoms with Crippen molar-refractivity contribution in [3.63, 3.8) is 0 Å². The van der Waals surface area contributed by atoms with Crippen molar-refractivity contribution >= 4 is 0 Å². The summed E-state index contributed by atoms with van der Waals surface area (Å²) in [6.07, 6.45) is 9.73. The Balaban J connectivity index is 1.24. The molecule has 188 valence electrons. The minimum Gasteiger partial charge on any atom is -0.339 e. The number of hydrogen-bond acceptors (Lipinski definition) is 4. The summed E-state index contributed by atoms with van der Waals surface area (Å²) in [5.41, 5.74) is 3.95. The molecule has 0 spiro atoms. The van der Waals surface area contributed by atoms with Gasteiger partial charge < -0.3 is 9.42 Å². The smallest absolute Gasteiger partial charge is 0.226 e. The molecular formula is C31H43N3O. The molecule has 3 aromatic rings. The summed E-state index contributed by atoms with van der Waals surface area (Å²) in [4.78, 5) is 7.15. The molecule has 1 atom stereocenters. The van der Waals surface area contributed by atoms with Crippen LogP contribution in [0.5, 0.6) is 0 Å². The quantitative estimate of drug-likeness (QED) is 0.326. The zero-order chi connectivity index (χ0) is 24.8. The Kier molecular flexibility index (Phi) is 8.43. The molecule has 1 aliphatic carbocycles. The fourth-order valence-electron chi connectivity index (χ4n) is 5.66. The largest absolute Gasteiger partial charge is 0.339 e. The first kappa shape index (κ1) is 25.6. The van der Waals surface area contributed by atoms with Crippen LogP contribution >= 0.6 is 0 Å². The van der Waals surface area contributed by atoms with Crippen molar-refractivity contribution in [2.45, 2.75) is 83.6 Å². The zero-order valence-corrected chi connectivity index (χ0v) is 22.3. The summed E-state index contributed by atoms with van der Waals surface area (Å²) in [7, 11) is 4.51. The van der Waals surface area contributed by atoms with Crippen LogP contribution < -0.4 is 0 Å². The van der Waals surface area contributed by atoms with Crippen molar-refractivity contribution in [2.24, 2.45) is 11.8 Å². The molecule has 1 fully saturated rings. The van der Waals surface area contributed by atoms with Gasteiger partial charge in [0.1, 0.15) is 0 Å². The summed E-state index contributed by atoms with van der Waals surface area (Å²) < 4.78 is 5.60. The second-order valence-electron chi connectivity index (χ2n) is 11.7. The Morgan fingerprint density at radius 3 is 2.23 bits per heavy atom. The first-order chi connectivity index (χ1) is 16.8. The third-order valence-corrected chi connectivity index (χ3v) is 7.91. The van der Waals surface area contributed by atoms with Crippen LogP contribution in [0.2, 0.25) is 0 Å². The highest BCUT2D eigenvalue weighted by Crippen LogP contribution is 2.36. The topological polar surface area (TPSA) is 42.2 Å². The van der Waals surface area contributed by atoms with Gasteiger partial charge in [-0.05, 0) is 74.6 Å². The van der Waals surface area contributed by atoms with E-state index in [9.17, 15) is 0 Å². The van der Waals surface area contributed by atoms with Crippen molar-refractivity contribution in [3.05, 3.63) is 71.6 Å². The maximum atomic E-state index is 5.60. The van der Waals surface area contributed by atoms with Crippen LogP contribution in [0.4, 0.5) is 0 Å². The molecule has 2 aromatic carbocycles. The zero-order valence-electron chi connectivity index (χ0n) is 22.3. The van der Waals surface area contributed by atoms with E-state index in [4.69, 9.17) is 9.51 Å². The Morgan fingerprint density at radius 1 is 0.914 bits per heavy atom. The van der Waals surface area contributed by atoms with E-state index >= 15 is 0 Å². The minimum atomic E-state index is 0.147. The molecule has 0 bridgehead atoms. The molecule has 4 rings (SSSR count). The summed E-state index contributed by atoms with van der Waals surface area (Å²) >= 11 is 0. The van der Waals surface area contributed by atoms with E-state index < -0.39 is 0 Å². The first-order valence-corrected chi connectivity index (χ1v) is 13.4. The molecule has 4 nitrogen and oxygen atoms in total. The van der Waals surface area contributed by atoms with Gasteiger partial charge in [-0.25, -0.2) is 0 Å². The lowest BCUT2D eigenvalue weighted by atomic mass is 9.75. The van der Waals surface area contributed by atoms with E-state index in [0.717, 1.165) is 36.1 Å². The monoisotopic (exact) mass is 473 g/mol. The van der Waals surface area contributed by atoms with Crippen molar-refractivity contribution in [1.82, 2.24) is 15.0 Å². The van der Waals surface area contributed by atoms with E-state index in [1.165, 1.54) is 49.7 Å². The molecule has 4 heteroatoms. The number of benzene rings is 2. The highest BCUT2D eigenvalue weighted by molar-refractivity contribution is 5.55. The van der Waals surface area contributed by atoms with Crippen LogP contribution in [0.1, 0.15) is 76.3 Å². The van der Waals surface area contributed by atoms with Gasteiger partial charge in [0.05, 0.1) is 0 Å². The van der Waals surface area contributed by atoms with Gasteiger partial charge in [0.15, 0.2) is 0 Å². The molecule has 0 N–H and O–H groups in total. The van der Waals surface area contributed by atoms with E-state index in [1.54, 1.807) is 0 Å². The number of nitrogens with zero attached hydrogens (tertiary/aromatic N) is 3. The van der Waals surface area contributed by atoms with Crippen molar-refractivity contribution in [1.29, 1.82) is 0 Å². The van der Waals surface area contributed by atoms with Crippen LogP contribution in [0.15, 0.2) is 59.1 Å². The van der Waals surface area contributed by atoms with E-state index in [1.807, 2.05) is 0 Å². The van der Waals surface area contributed by atoms with Crippen molar-refractivity contribution in [3.8, 4) is 11.4 Å². The van der Waals surface area contributed by atoms with Gasteiger partial charge in [-0.3, -0.25) is 0 Å². The molecule has 1 saturated carbocycles. The minimum absolute atomic E-state index is 0.147. The van der Waals surface area contributed by atoms with Crippen LogP contribution in [0.25, 0.3) is 11.4 Å². The Labute approximate surface area is 212 Å². The predicted molar refractivity (Wildman–Crippen MR) is 144 cm³/mol. The van der Waals surface area contributed by atoms with Crippen LogP contribution in [-0.2, 0) is 18.3 Å². The normalized spacial score (nSPS) is 19.7. The molecule has 1 heterocycles. The maximum Gasteiger partial charge on any atom is 0.226 e. The average Bonchev–Trinajstić information content (AvgIpc) is 3.33. The summed E-state index contributed by atoms with van der Waals surface area (Å²) in [6, 6.07) is 20.1. The van der Waals surface area contributed by atoms with Crippen LogP contribution in [0.3, 0.4) is 0 Å². The Bertz CT molecular complexity index is 1030. The van der Waals surface area contributed by atoms with Crippen LogP contribution in [0, 0.1) is 11.8 Å². The fraction of sp³-hybridized carbons (Fsp3) is 0.548. The van der Waals surface area contributed by atoms with E-state index in [0.29, 0.717) is 11.9 Å². The second-order valence-corrected chi connectivity index (χ2v) is 11.7. The molecule has 1 aromatic heterocycles. The summed E-state index contributed by atoms with van der Waals surface area (Å²) in [6.45, 7) is 6.69. The maximum absolute atomic E-state index is 5.60. The van der Waals surface area contributed by atoms with Gasteiger partial charge in [-0.15, -0.1) is 0 Å². The van der Waals surface area contributed by atoms with Gasteiger partial charge in [0.25, 0.3) is 0 Å². The van der Waals surface area contributed by atoms with Gasteiger partial charge in [0, 0.05) is 18.0 Å². The lowest BCUT2D eigenvalue weighted by Crippen LogP contribution is -2.37. The lowest BCUT2D eigenvalue weighted by molar-refractivity contribution is 0.137. The number of rotatable bonds is 9. The number of hydrogen-bond donors (Lipinski definition) is 0. The molecule has 35 heavy (non-hydrogen) atoms. The van der Waals surface area contributed by atoms with Crippen LogP contribution in [-0.4, -0.2) is 35.2 Å². The highest BCUT2D eigenvalue weighted by Gasteiger charge is 2.29. The molecule has 1 unspecified atom stereocenters. The first-order valence-electron chi connectivity index (χ1n) is 13.4. The molecule has 0 amide bonds. The number of aryl methyl sites for hydroxylation is 2. The van der Waals surface area contributed by atoms with E-state index in [2.05, 4.69) is 99.5 Å². The van der Waals surface area contributed by atoms with Crippen molar-refractivity contribution < 1.29 is 4.52 Å². The molecule has 0 saturated heterocycles. The summed E-state index contributed by atoms with van der Waals surface area (Å²) in [5, 5.41) is 4.25. The molecule has 1 aliphatic rings. The standard InChI is InChI=1S/C31H43N3O/c1-31(2,3)27-19-17-26(18-20-27)30-32-29(35-33-30)22-14-24-11-15-25(16-12-24)28(34(4)5)21-13-23-9-7-6-8-10-23/h6-10,17-20,24-25,28H,11-16,21-22H2,1-5H3. The molecular weight excluding hydrogens is 430 g/mol. The SMILES string of the molecule is CN(C)C(CCc1ccccc1)C1CCC(CCc2nc(-c3ccc(C(C)(C)C)cc3)no2)CC1. The molecule has 0 radical (unpaired) electrons. The molecule has 0 aliphatic heterocycles. The lowest BCUT2D eigenvalue weighted by Gasteiger charge is -2.37. The summed E-state index contributed by atoms with van der Waals surface area (Å²) in [5.74, 6) is 3.05. The Morgan fingerprint density at radius 2 is 1.60 bits per heavy atom. The Hall–Kier alpha value is -2.46. The highest BCUT2D eigenvalue weighted by atomic mass is 16.5. The van der Waals surface area contributed by atoms with Gasteiger partial charge in [-0.2, -0.15) is 4.98 Å². The predicted octanol–water partition coefficient (Wildman–Crippen LogP) is 7.34. The third-order valence-electron chi connectivity index (χ3n) is 7.91. The van der Waals surface area contributed by atoms with Gasteiger partial charge >= 0.3 is 0 Å². The third kappa shape index (κ3) is 7.04. The average molecular weight is 474 g/mol. The number of aromatic nitrogens is 2. The van der Waals surface area contributed by atoms with E-state index in [-0.39, 0.29) is 5.41 Å².